The third-order valence-corrected chi connectivity index (χ3v) is 4.05. The number of unbranched alkanes of at least 4 members (excludes halogenated alkanes) is 1. The summed E-state index contributed by atoms with van der Waals surface area (Å²) >= 11 is 0. The number of non-ortho nitro benzene ring substituents is 1. The maximum absolute atomic E-state index is 12.6. The number of nitrogens with zero attached hydrogens (tertiary/aromatic N) is 5. The van der Waals surface area contributed by atoms with E-state index in [4.69, 9.17) is 5.26 Å². The van der Waals surface area contributed by atoms with Crippen LogP contribution in [0.5, 0.6) is 11.6 Å². The number of aromatic hydroxyl groups is 2. The Balaban J connectivity index is 2.52. The fraction of sp³-hybridized carbons (Fsp3) is 0.294. The lowest BCUT2D eigenvalue weighted by Gasteiger charge is -2.13. The van der Waals surface area contributed by atoms with Gasteiger partial charge in [-0.05, 0) is 31.9 Å². The molecule has 0 aliphatic carbocycles. The molecule has 2 N–H and O–H groups in total. The van der Waals surface area contributed by atoms with Gasteiger partial charge in [0.2, 0.25) is 0 Å². The van der Waals surface area contributed by atoms with Crippen molar-refractivity contribution >= 4 is 17.1 Å². The van der Waals surface area contributed by atoms with Crippen LogP contribution in [-0.2, 0) is 6.54 Å². The van der Waals surface area contributed by atoms with E-state index in [-0.39, 0.29) is 41.7 Å². The number of hydrogen-bond donors (Lipinski definition) is 2. The second kappa shape index (κ2) is 8.09. The minimum absolute atomic E-state index is 0.0619. The van der Waals surface area contributed by atoms with Gasteiger partial charge in [-0.3, -0.25) is 19.5 Å². The first kappa shape index (κ1) is 19.6. The van der Waals surface area contributed by atoms with E-state index in [9.17, 15) is 25.1 Å². The van der Waals surface area contributed by atoms with Crippen LogP contribution < -0.4 is 5.56 Å². The average molecular weight is 371 g/mol. The molecule has 0 radical (unpaired) electrons. The van der Waals surface area contributed by atoms with Crippen molar-refractivity contribution < 1.29 is 15.1 Å². The van der Waals surface area contributed by atoms with Gasteiger partial charge in [0.05, 0.1) is 11.0 Å². The predicted molar refractivity (Wildman–Crippen MR) is 95.6 cm³/mol. The summed E-state index contributed by atoms with van der Waals surface area (Å²) in [4.78, 5) is 22.8. The van der Waals surface area contributed by atoms with Crippen LogP contribution in [0.1, 0.15) is 24.0 Å². The number of aromatic nitrogens is 1. The van der Waals surface area contributed by atoms with Crippen LogP contribution in [-0.4, -0.2) is 19.7 Å². The van der Waals surface area contributed by atoms with E-state index in [1.807, 2.05) is 6.07 Å². The first-order valence-corrected chi connectivity index (χ1v) is 7.97. The molecule has 0 aliphatic heterocycles. The molecule has 0 atom stereocenters. The van der Waals surface area contributed by atoms with Gasteiger partial charge in [0, 0.05) is 30.7 Å². The fourth-order valence-electron chi connectivity index (χ4n) is 2.38. The SMILES string of the molecule is Cc1c(C)c(O)n(CCCC#N)c(=O)c1N=Nc1cc([N+](=O)[O-])ccc1O. The molecule has 27 heavy (non-hydrogen) atoms. The zero-order valence-corrected chi connectivity index (χ0v) is 14.7. The maximum atomic E-state index is 12.6. The number of phenols is 1. The molecule has 2 aromatic rings. The lowest BCUT2D eigenvalue weighted by Crippen LogP contribution is -2.21. The highest BCUT2D eigenvalue weighted by atomic mass is 16.6. The lowest BCUT2D eigenvalue weighted by atomic mass is 10.1. The smallest absolute Gasteiger partial charge is 0.281 e. The van der Waals surface area contributed by atoms with Crippen molar-refractivity contribution in [2.24, 2.45) is 10.2 Å². The van der Waals surface area contributed by atoms with Gasteiger partial charge in [-0.2, -0.15) is 5.26 Å². The number of phenolic OH excluding ortho intramolecular Hbond substituents is 1. The number of benzene rings is 1. The normalized spacial score (nSPS) is 10.9. The van der Waals surface area contributed by atoms with Crippen molar-refractivity contribution in [1.82, 2.24) is 4.57 Å². The van der Waals surface area contributed by atoms with Gasteiger partial charge in [-0.25, -0.2) is 0 Å². The maximum Gasteiger partial charge on any atom is 0.281 e. The Hall–Kier alpha value is -3.74. The minimum atomic E-state index is -0.642. The molecule has 10 heteroatoms. The molecular formula is C17H17N5O5. The summed E-state index contributed by atoms with van der Waals surface area (Å²) in [5.74, 6) is -0.542. The Labute approximate surface area is 153 Å². The Morgan fingerprint density at radius 2 is 1.96 bits per heavy atom. The highest BCUT2D eigenvalue weighted by Crippen LogP contribution is 2.32. The zero-order valence-electron chi connectivity index (χ0n) is 14.7. The van der Waals surface area contributed by atoms with E-state index in [0.717, 1.165) is 22.8 Å². The number of nitro benzene ring substituents is 1. The zero-order chi connectivity index (χ0) is 20.1. The molecule has 1 aromatic carbocycles. The van der Waals surface area contributed by atoms with E-state index in [1.54, 1.807) is 13.8 Å². The Morgan fingerprint density at radius 1 is 1.26 bits per heavy atom. The van der Waals surface area contributed by atoms with Crippen LogP contribution in [0, 0.1) is 35.3 Å². The molecule has 10 nitrogen and oxygen atoms in total. The Kier molecular flexibility index (Phi) is 5.87. The highest BCUT2D eigenvalue weighted by molar-refractivity contribution is 5.57. The Bertz CT molecular complexity index is 1020. The van der Waals surface area contributed by atoms with Gasteiger partial charge in [-0.15, -0.1) is 10.2 Å². The molecule has 0 unspecified atom stereocenters. The molecule has 0 aliphatic rings. The van der Waals surface area contributed by atoms with Gasteiger partial charge >= 0.3 is 0 Å². The third kappa shape index (κ3) is 4.09. The van der Waals surface area contributed by atoms with E-state index in [2.05, 4.69) is 10.2 Å². The third-order valence-electron chi connectivity index (χ3n) is 4.05. The summed E-state index contributed by atoms with van der Waals surface area (Å²) in [6, 6.07) is 5.23. The van der Waals surface area contributed by atoms with Crippen LogP contribution in [0.4, 0.5) is 17.1 Å². The van der Waals surface area contributed by atoms with E-state index in [1.165, 1.54) is 0 Å². The molecule has 2 rings (SSSR count). The quantitative estimate of drug-likeness (QED) is 0.343. The largest absolute Gasteiger partial charge is 0.506 e. The van der Waals surface area contributed by atoms with Crippen LogP contribution in [0.15, 0.2) is 33.2 Å². The molecule has 0 amide bonds. The molecule has 0 saturated heterocycles. The van der Waals surface area contributed by atoms with Gasteiger partial charge in [-0.1, -0.05) is 0 Å². The average Bonchev–Trinajstić information content (AvgIpc) is 2.64. The number of hydrogen-bond acceptors (Lipinski definition) is 8. The molecular weight excluding hydrogens is 354 g/mol. The van der Waals surface area contributed by atoms with Gasteiger partial charge in [0.15, 0.2) is 11.6 Å². The van der Waals surface area contributed by atoms with E-state index < -0.39 is 10.5 Å². The number of azo groups is 1. The minimum Gasteiger partial charge on any atom is -0.506 e. The van der Waals surface area contributed by atoms with E-state index >= 15 is 0 Å². The van der Waals surface area contributed by atoms with Crippen molar-refractivity contribution in [3.8, 4) is 17.7 Å². The van der Waals surface area contributed by atoms with Crippen molar-refractivity contribution in [2.45, 2.75) is 33.2 Å². The number of nitriles is 1. The first-order valence-electron chi connectivity index (χ1n) is 7.97. The van der Waals surface area contributed by atoms with Gasteiger partial charge in [0.1, 0.15) is 11.4 Å². The van der Waals surface area contributed by atoms with Crippen LogP contribution in [0.25, 0.3) is 0 Å². The van der Waals surface area contributed by atoms with Gasteiger partial charge < -0.3 is 10.2 Å². The monoisotopic (exact) mass is 371 g/mol. The molecule has 1 heterocycles. The van der Waals surface area contributed by atoms with Gasteiger partial charge in [0.25, 0.3) is 11.2 Å². The van der Waals surface area contributed by atoms with Crippen LogP contribution in [0.2, 0.25) is 0 Å². The molecule has 0 spiro atoms. The van der Waals surface area contributed by atoms with Crippen molar-refractivity contribution in [3.05, 3.63) is 49.8 Å². The summed E-state index contributed by atoms with van der Waals surface area (Å²) in [6.45, 7) is 3.32. The first-order chi connectivity index (χ1) is 12.8. The predicted octanol–water partition coefficient (Wildman–Crippen LogP) is 3.50. The lowest BCUT2D eigenvalue weighted by molar-refractivity contribution is -0.384. The highest BCUT2D eigenvalue weighted by Gasteiger charge is 2.17. The molecule has 0 saturated carbocycles. The second-order valence-electron chi connectivity index (χ2n) is 5.77. The number of rotatable bonds is 6. The summed E-state index contributed by atoms with van der Waals surface area (Å²) < 4.78 is 1.10. The molecule has 0 bridgehead atoms. The summed E-state index contributed by atoms with van der Waals surface area (Å²) in [5.41, 5.74) is -0.305. The second-order valence-corrected chi connectivity index (χ2v) is 5.77. The molecule has 0 fully saturated rings. The van der Waals surface area contributed by atoms with E-state index in [0.29, 0.717) is 17.5 Å². The molecule has 140 valence electrons. The number of nitro groups is 1. The van der Waals surface area contributed by atoms with Crippen molar-refractivity contribution in [2.75, 3.05) is 0 Å². The summed E-state index contributed by atoms with van der Waals surface area (Å²) in [5, 5.41) is 47.1. The van der Waals surface area contributed by atoms with Crippen molar-refractivity contribution in [3.63, 3.8) is 0 Å². The topological polar surface area (TPSA) is 154 Å². The van der Waals surface area contributed by atoms with Crippen molar-refractivity contribution in [1.29, 1.82) is 5.26 Å². The Morgan fingerprint density at radius 3 is 2.59 bits per heavy atom. The van der Waals surface area contributed by atoms with Crippen LogP contribution >= 0.6 is 0 Å². The standard InChI is InChI=1S/C17H17N5O5/c1-10-11(2)16(24)21(8-4-3-7-18)17(25)15(10)20-19-13-9-12(22(26)27)5-6-14(13)23/h5-6,9,23-24H,3-4,8H2,1-2H3. The van der Waals surface area contributed by atoms with Crippen LogP contribution in [0.3, 0.4) is 0 Å². The summed E-state index contributed by atoms with van der Waals surface area (Å²) in [6.07, 6.45) is 0.589. The molecule has 1 aromatic heterocycles. The fourth-order valence-corrected chi connectivity index (χ4v) is 2.38. The number of pyridine rings is 1. The summed E-state index contributed by atoms with van der Waals surface area (Å²) in [7, 11) is 0.